The van der Waals surface area contributed by atoms with E-state index in [9.17, 15) is 29.3 Å². The molecule has 2 bridgehead atoms. The van der Waals surface area contributed by atoms with Crippen molar-refractivity contribution in [2.75, 3.05) is 18.5 Å². The van der Waals surface area contributed by atoms with Gasteiger partial charge in [0.2, 0.25) is 11.8 Å². The van der Waals surface area contributed by atoms with Crippen molar-refractivity contribution in [2.24, 2.45) is 11.8 Å². The van der Waals surface area contributed by atoms with Gasteiger partial charge in [0.1, 0.15) is 0 Å². The van der Waals surface area contributed by atoms with Crippen LogP contribution >= 0.6 is 0 Å². The minimum Gasteiger partial charge on any atom is -0.456 e. The van der Waals surface area contributed by atoms with E-state index in [-0.39, 0.29) is 41.4 Å². The SMILES string of the molecule is O=C(COC(=O)CCCCCN1C(=O)[C@@H]2C3c4ccccc4C(c4ccccc43)[C@@H]2C1=O)Nc1cccc([N+](=O)[O-])c1. The number of ether oxygens (including phenoxy) is 1. The predicted octanol–water partition coefficient (Wildman–Crippen LogP) is 4.53. The molecule has 2 atom stereocenters. The van der Waals surface area contributed by atoms with Crippen molar-refractivity contribution in [2.45, 2.75) is 37.5 Å². The first-order chi connectivity index (χ1) is 20.3. The number of nitrogens with one attached hydrogen (secondary N) is 1. The number of carbonyl (C=O) groups excluding carboxylic acids is 4. The van der Waals surface area contributed by atoms with Crippen LogP contribution in [0.15, 0.2) is 72.8 Å². The number of hydrogen-bond acceptors (Lipinski definition) is 7. The van der Waals surface area contributed by atoms with Gasteiger partial charge in [-0.1, -0.05) is 61.0 Å². The molecular formula is C32H29N3O7. The second kappa shape index (κ2) is 11.2. The summed E-state index contributed by atoms with van der Waals surface area (Å²) in [5.41, 5.74) is 4.64. The number of non-ortho nitro benzene ring substituents is 1. The van der Waals surface area contributed by atoms with Crippen LogP contribution in [0.4, 0.5) is 11.4 Å². The summed E-state index contributed by atoms with van der Waals surface area (Å²) in [4.78, 5) is 63.1. The topological polar surface area (TPSA) is 136 Å². The molecule has 214 valence electrons. The minimum absolute atomic E-state index is 0.0893. The average molecular weight is 568 g/mol. The second-order valence-electron chi connectivity index (χ2n) is 10.9. The maximum absolute atomic E-state index is 13.6. The van der Waals surface area contributed by atoms with Gasteiger partial charge >= 0.3 is 5.97 Å². The molecule has 0 spiro atoms. The van der Waals surface area contributed by atoms with Gasteiger partial charge in [-0.05, 0) is 41.2 Å². The average Bonchev–Trinajstić information content (AvgIpc) is 3.25. The maximum Gasteiger partial charge on any atom is 0.306 e. The lowest BCUT2D eigenvalue weighted by Crippen LogP contribution is -2.41. The summed E-state index contributed by atoms with van der Waals surface area (Å²) in [5, 5.41) is 13.3. The number of rotatable bonds is 10. The Labute approximate surface area is 241 Å². The molecule has 1 aliphatic heterocycles. The third kappa shape index (κ3) is 4.82. The van der Waals surface area contributed by atoms with Crippen LogP contribution in [-0.2, 0) is 23.9 Å². The van der Waals surface area contributed by atoms with Crippen LogP contribution in [0.5, 0.6) is 0 Å². The first-order valence-electron chi connectivity index (χ1n) is 14.1. The zero-order valence-electron chi connectivity index (χ0n) is 22.7. The van der Waals surface area contributed by atoms with Crippen molar-refractivity contribution in [3.05, 3.63) is 105 Å². The summed E-state index contributed by atoms with van der Waals surface area (Å²) in [6.45, 7) is -0.203. The molecule has 0 unspecified atom stereocenters. The van der Waals surface area contributed by atoms with E-state index in [1.807, 2.05) is 24.3 Å². The van der Waals surface area contributed by atoms with E-state index in [1.54, 1.807) is 0 Å². The molecule has 0 radical (unpaired) electrons. The lowest BCUT2D eigenvalue weighted by molar-refractivity contribution is -0.384. The fourth-order valence-electron chi connectivity index (χ4n) is 6.79. The number of likely N-dealkylation sites (tertiary alicyclic amines) is 1. The fraction of sp³-hybridized carbons (Fsp3) is 0.312. The number of anilines is 1. The van der Waals surface area contributed by atoms with E-state index in [1.165, 1.54) is 29.2 Å². The Hall–Kier alpha value is -4.86. The van der Waals surface area contributed by atoms with Crippen molar-refractivity contribution in [1.29, 1.82) is 0 Å². The van der Waals surface area contributed by atoms with E-state index >= 15 is 0 Å². The van der Waals surface area contributed by atoms with E-state index in [0.29, 0.717) is 25.8 Å². The molecule has 1 N–H and O–H groups in total. The quantitative estimate of drug-likeness (QED) is 0.125. The molecule has 3 aliphatic carbocycles. The first kappa shape index (κ1) is 27.3. The Bertz CT molecular complexity index is 1490. The van der Waals surface area contributed by atoms with Crippen LogP contribution < -0.4 is 5.32 Å². The molecule has 1 heterocycles. The van der Waals surface area contributed by atoms with Gasteiger partial charge in [0.15, 0.2) is 6.61 Å². The van der Waals surface area contributed by atoms with Gasteiger partial charge in [-0.3, -0.25) is 34.2 Å². The maximum atomic E-state index is 13.6. The Morgan fingerprint density at radius 1 is 0.810 bits per heavy atom. The lowest BCUT2D eigenvalue weighted by Gasteiger charge is -2.45. The van der Waals surface area contributed by atoms with Crippen LogP contribution in [0, 0.1) is 22.0 Å². The Kier molecular flexibility index (Phi) is 7.28. The largest absolute Gasteiger partial charge is 0.456 e. The third-order valence-electron chi connectivity index (χ3n) is 8.51. The molecule has 10 heteroatoms. The third-order valence-corrected chi connectivity index (χ3v) is 8.51. The summed E-state index contributed by atoms with van der Waals surface area (Å²) < 4.78 is 5.02. The first-order valence-corrected chi connectivity index (χ1v) is 14.1. The van der Waals surface area contributed by atoms with Gasteiger partial charge in [-0.25, -0.2) is 0 Å². The Morgan fingerprint density at radius 2 is 1.38 bits per heavy atom. The number of benzene rings is 3. The van der Waals surface area contributed by atoms with Gasteiger partial charge in [-0.2, -0.15) is 0 Å². The number of unbranched alkanes of at least 4 members (excludes halogenated alkanes) is 2. The fourth-order valence-corrected chi connectivity index (χ4v) is 6.79. The summed E-state index contributed by atoms with van der Waals surface area (Å²) in [6.07, 6.45) is 1.74. The molecule has 3 aromatic rings. The highest BCUT2D eigenvalue weighted by atomic mass is 16.6. The van der Waals surface area contributed by atoms with Crippen LogP contribution in [0.2, 0.25) is 0 Å². The Balaban J connectivity index is 0.985. The van der Waals surface area contributed by atoms with Gasteiger partial charge in [0.25, 0.3) is 11.6 Å². The van der Waals surface area contributed by atoms with Crippen molar-refractivity contribution in [3.63, 3.8) is 0 Å². The molecule has 4 aliphatic rings. The van der Waals surface area contributed by atoms with Gasteiger partial charge in [0, 0.05) is 42.6 Å². The highest BCUT2D eigenvalue weighted by molar-refractivity contribution is 6.07. The predicted molar refractivity (Wildman–Crippen MR) is 151 cm³/mol. The molecule has 0 aromatic heterocycles. The highest BCUT2D eigenvalue weighted by Crippen LogP contribution is 2.60. The lowest BCUT2D eigenvalue weighted by atomic mass is 9.55. The van der Waals surface area contributed by atoms with Crippen molar-refractivity contribution >= 4 is 35.1 Å². The van der Waals surface area contributed by atoms with Gasteiger partial charge < -0.3 is 10.1 Å². The number of imide groups is 1. The van der Waals surface area contributed by atoms with E-state index < -0.39 is 35.2 Å². The number of nitro benzene ring substituents is 1. The number of nitrogens with zero attached hydrogens (tertiary/aromatic N) is 2. The highest BCUT2D eigenvalue weighted by Gasteiger charge is 2.61. The molecule has 1 saturated heterocycles. The van der Waals surface area contributed by atoms with Crippen molar-refractivity contribution in [3.8, 4) is 0 Å². The van der Waals surface area contributed by atoms with Crippen LogP contribution in [-0.4, -0.2) is 46.7 Å². The van der Waals surface area contributed by atoms with Crippen LogP contribution in [0.25, 0.3) is 0 Å². The summed E-state index contributed by atoms with van der Waals surface area (Å²) in [7, 11) is 0. The molecule has 7 rings (SSSR count). The number of hydrogen-bond donors (Lipinski definition) is 1. The smallest absolute Gasteiger partial charge is 0.306 e. The van der Waals surface area contributed by atoms with Crippen LogP contribution in [0.3, 0.4) is 0 Å². The zero-order valence-corrected chi connectivity index (χ0v) is 22.7. The summed E-state index contributed by atoms with van der Waals surface area (Å²) in [6, 6.07) is 21.7. The molecule has 10 nitrogen and oxygen atoms in total. The normalized spacial score (nSPS) is 21.4. The number of carbonyl (C=O) groups is 4. The second-order valence-corrected chi connectivity index (χ2v) is 10.9. The molecular weight excluding hydrogens is 538 g/mol. The molecule has 0 saturated carbocycles. The minimum atomic E-state index is -0.602. The molecule has 3 amide bonds. The molecule has 1 fully saturated rings. The van der Waals surface area contributed by atoms with Crippen molar-refractivity contribution in [1.82, 2.24) is 4.90 Å². The number of amides is 3. The van der Waals surface area contributed by atoms with E-state index in [2.05, 4.69) is 29.6 Å². The molecule has 42 heavy (non-hydrogen) atoms. The Morgan fingerprint density at radius 3 is 1.93 bits per heavy atom. The summed E-state index contributed by atoms with van der Waals surface area (Å²) in [5.74, 6) is -2.41. The monoisotopic (exact) mass is 567 g/mol. The summed E-state index contributed by atoms with van der Waals surface area (Å²) >= 11 is 0. The zero-order chi connectivity index (χ0) is 29.4. The van der Waals surface area contributed by atoms with Crippen LogP contribution in [0.1, 0.15) is 59.8 Å². The van der Waals surface area contributed by atoms with Gasteiger partial charge in [-0.15, -0.1) is 0 Å². The van der Waals surface area contributed by atoms with Gasteiger partial charge in [0.05, 0.1) is 16.8 Å². The number of nitro groups is 1. The molecule has 3 aromatic carbocycles. The number of esters is 1. The van der Waals surface area contributed by atoms with E-state index in [0.717, 1.165) is 22.3 Å². The van der Waals surface area contributed by atoms with E-state index in [4.69, 9.17) is 4.74 Å². The standard InChI is InChI=1S/C32H29N3O7/c36-25(33-19-9-8-10-20(17-19)35(40)41)18-42-26(37)15-2-1-7-16-34-31(38)29-27-21-11-3-4-12-22(21)28(30(29)32(34)39)24-14-6-5-13-23(24)27/h3-6,8-14,17,27-30H,1-2,7,15-16,18H2,(H,33,36)/t27?,28?,29-,30+. The van der Waals surface area contributed by atoms with Crippen molar-refractivity contribution < 1.29 is 28.8 Å².